The van der Waals surface area contributed by atoms with Crippen LogP contribution in [0.3, 0.4) is 0 Å². The Bertz CT molecular complexity index is 69.3. The Kier molecular flexibility index (Phi) is 8.37. The van der Waals surface area contributed by atoms with Crippen molar-refractivity contribution in [2.75, 3.05) is 26.4 Å². The Morgan fingerprint density at radius 1 is 0.900 bits per heavy atom. The van der Waals surface area contributed by atoms with Gasteiger partial charge in [-0.25, -0.2) is 0 Å². The first kappa shape index (κ1) is 9.66. The molecule has 10 heavy (non-hydrogen) atoms. The Hall–Kier alpha value is -0.340. The zero-order valence-electron chi connectivity index (χ0n) is 6.80. The summed E-state index contributed by atoms with van der Waals surface area (Å²) in [5.41, 5.74) is 0. The summed E-state index contributed by atoms with van der Waals surface area (Å²) in [5, 5.41) is 0. The van der Waals surface area contributed by atoms with Crippen LogP contribution in [0.1, 0.15) is 13.8 Å². The predicted molar refractivity (Wildman–Crippen MR) is 42.1 cm³/mol. The fraction of sp³-hybridized carbons (Fsp3) is 0.750. The fourth-order valence-corrected chi connectivity index (χ4v) is 0.508. The molecule has 0 heterocycles. The summed E-state index contributed by atoms with van der Waals surface area (Å²) in [7, 11) is 0. The van der Waals surface area contributed by atoms with Crippen LogP contribution in [0, 0.1) is 0 Å². The summed E-state index contributed by atoms with van der Waals surface area (Å²) >= 11 is 0. The minimum absolute atomic E-state index is 0.698. The van der Waals surface area contributed by atoms with Gasteiger partial charge in [0.05, 0.1) is 13.2 Å². The van der Waals surface area contributed by atoms with E-state index in [1.165, 1.54) is 0 Å². The van der Waals surface area contributed by atoms with Gasteiger partial charge in [-0.05, 0) is 13.8 Å². The van der Waals surface area contributed by atoms with E-state index in [2.05, 4.69) is 0 Å². The molecule has 0 atom stereocenters. The maximum absolute atomic E-state index is 5.07. The largest absolute Gasteiger partial charge is 0.378 e. The second-order valence-corrected chi connectivity index (χ2v) is 1.79. The number of hydrogen-bond donors (Lipinski definition) is 0. The SMILES string of the molecule is CCOCC=CCOCC. The molecule has 2 heteroatoms. The molecular formula is C8H16O2. The van der Waals surface area contributed by atoms with Gasteiger partial charge >= 0.3 is 0 Å². The molecule has 0 spiro atoms. The van der Waals surface area contributed by atoms with Crippen molar-refractivity contribution in [2.24, 2.45) is 0 Å². The first-order valence-corrected chi connectivity index (χ1v) is 3.72. The summed E-state index contributed by atoms with van der Waals surface area (Å²) in [5.74, 6) is 0. The number of hydrogen-bond acceptors (Lipinski definition) is 2. The lowest BCUT2D eigenvalue weighted by Gasteiger charge is -1.94. The molecule has 0 aromatic heterocycles. The quantitative estimate of drug-likeness (QED) is 0.416. The Morgan fingerprint density at radius 3 is 1.60 bits per heavy atom. The van der Waals surface area contributed by atoms with Crippen LogP contribution in [0.2, 0.25) is 0 Å². The smallest absolute Gasteiger partial charge is 0.0648 e. The van der Waals surface area contributed by atoms with Gasteiger partial charge in [-0.1, -0.05) is 12.2 Å². The molecule has 0 aliphatic rings. The fourth-order valence-electron chi connectivity index (χ4n) is 0.508. The zero-order valence-corrected chi connectivity index (χ0v) is 6.80. The maximum atomic E-state index is 5.07. The lowest BCUT2D eigenvalue weighted by molar-refractivity contribution is 0.168. The highest BCUT2D eigenvalue weighted by atomic mass is 16.5. The van der Waals surface area contributed by atoms with Crippen LogP contribution in [-0.2, 0) is 9.47 Å². The molecule has 0 aliphatic carbocycles. The summed E-state index contributed by atoms with van der Waals surface area (Å²) in [4.78, 5) is 0. The Morgan fingerprint density at radius 2 is 1.30 bits per heavy atom. The molecule has 0 aromatic rings. The van der Waals surface area contributed by atoms with Gasteiger partial charge < -0.3 is 9.47 Å². The van der Waals surface area contributed by atoms with Crippen molar-refractivity contribution in [1.29, 1.82) is 0 Å². The number of ether oxygens (including phenoxy) is 2. The van der Waals surface area contributed by atoms with Gasteiger partial charge in [0.2, 0.25) is 0 Å². The minimum Gasteiger partial charge on any atom is -0.378 e. The van der Waals surface area contributed by atoms with Crippen molar-refractivity contribution < 1.29 is 9.47 Å². The molecule has 0 aliphatic heterocycles. The molecule has 0 unspecified atom stereocenters. The highest BCUT2D eigenvalue weighted by molar-refractivity contribution is 4.80. The standard InChI is InChI=1S/C8H16O2/c1-3-9-7-5-6-8-10-4-2/h5-6H,3-4,7-8H2,1-2H3. The first-order chi connectivity index (χ1) is 4.91. The topological polar surface area (TPSA) is 18.5 Å². The van der Waals surface area contributed by atoms with Crippen LogP contribution >= 0.6 is 0 Å². The van der Waals surface area contributed by atoms with E-state index >= 15 is 0 Å². The third-order valence-electron chi connectivity index (χ3n) is 1.00. The Balaban J connectivity index is 2.89. The lowest BCUT2D eigenvalue weighted by Crippen LogP contribution is -1.91. The molecule has 60 valence electrons. The third-order valence-corrected chi connectivity index (χ3v) is 1.00. The highest BCUT2D eigenvalue weighted by Gasteiger charge is 1.76. The van der Waals surface area contributed by atoms with E-state index in [-0.39, 0.29) is 0 Å². The van der Waals surface area contributed by atoms with Crippen molar-refractivity contribution in [3.8, 4) is 0 Å². The van der Waals surface area contributed by atoms with Crippen LogP contribution in [0.4, 0.5) is 0 Å². The molecule has 0 bridgehead atoms. The van der Waals surface area contributed by atoms with E-state index in [0.29, 0.717) is 13.2 Å². The molecule has 0 rings (SSSR count). The second kappa shape index (κ2) is 8.66. The van der Waals surface area contributed by atoms with Crippen LogP contribution in [0.5, 0.6) is 0 Å². The van der Waals surface area contributed by atoms with Gasteiger partial charge in [-0.2, -0.15) is 0 Å². The van der Waals surface area contributed by atoms with Gasteiger partial charge in [-0.3, -0.25) is 0 Å². The summed E-state index contributed by atoms with van der Waals surface area (Å²) in [6.07, 6.45) is 3.94. The monoisotopic (exact) mass is 144 g/mol. The molecule has 0 saturated carbocycles. The molecular weight excluding hydrogens is 128 g/mol. The third kappa shape index (κ3) is 7.66. The van der Waals surface area contributed by atoms with Crippen molar-refractivity contribution in [3.05, 3.63) is 12.2 Å². The van der Waals surface area contributed by atoms with Crippen LogP contribution in [0.25, 0.3) is 0 Å². The van der Waals surface area contributed by atoms with Crippen LogP contribution < -0.4 is 0 Å². The van der Waals surface area contributed by atoms with E-state index < -0.39 is 0 Å². The van der Waals surface area contributed by atoms with E-state index in [4.69, 9.17) is 9.47 Å². The molecule has 0 radical (unpaired) electrons. The van der Waals surface area contributed by atoms with Gasteiger partial charge in [0, 0.05) is 13.2 Å². The predicted octanol–water partition coefficient (Wildman–Crippen LogP) is 1.62. The van der Waals surface area contributed by atoms with E-state index in [1.54, 1.807) is 0 Å². The lowest BCUT2D eigenvalue weighted by atomic mass is 10.5. The van der Waals surface area contributed by atoms with Crippen LogP contribution in [-0.4, -0.2) is 26.4 Å². The van der Waals surface area contributed by atoms with Crippen molar-refractivity contribution in [2.45, 2.75) is 13.8 Å². The highest BCUT2D eigenvalue weighted by Crippen LogP contribution is 1.79. The summed E-state index contributed by atoms with van der Waals surface area (Å²) in [6, 6.07) is 0. The Labute approximate surface area is 62.8 Å². The molecule has 0 N–H and O–H groups in total. The molecule has 0 aromatic carbocycles. The summed E-state index contributed by atoms with van der Waals surface area (Å²) < 4.78 is 10.1. The molecule has 0 saturated heterocycles. The van der Waals surface area contributed by atoms with Crippen LogP contribution in [0.15, 0.2) is 12.2 Å². The first-order valence-electron chi connectivity index (χ1n) is 3.72. The summed E-state index contributed by atoms with van der Waals surface area (Å²) in [6.45, 7) is 6.91. The average Bonchev–Trinajstić information content (AvgIpc) is 1.97. The maximum Gasteiger partial charge on any atom is 0.0648 e. The van der Waals surface area contributed by atoms with E-state index in [1.807, 2.05) is 26.0 Å². The van der Waals surface area contributed by atoms with Crippen molar-refractivity contribution >= 4 is 0 Å². The number of rotatable bonds is 6. The van der Waals surface area contributed by atoms with Gasteiger partial charge in [0.1, 0.15) is 0 Å². The molecule has 0 fully saturated rings. The van der Waals surface area contributed by atoms with E-state index in [9.17, 15) is 0 Å². The molecule has 2 nitrogen and oxygen atoms in total. The van der Waals surface area contributed by atoms with Crippen molar-refractivity contribution in [1.82, 2.24) is 0 Å². The van der Waals surface area contributed by atoms with E-state index in [0.717, 1.165) is 13.2 Å². The van der Waals surface area contributed by atoms with Gasteiger partial charge in [0.15, 0.2) is 0 Å². The molecule has 0 amide bonds. The second-order valence-electron chi connectivity index (χ2n) is 1.79. The zero-order chi connectivity index (χ0) is 7.66. The van der Waals surface area contributed by atoms with Gasteiger partial charge in [-0.15, -0.1) is 0 Å². The van der Waals surface area contributed by atoms with Crippen molar-refractivity contribution in [3.63, 3.8) is 0 Å². The normalized spacial score (nSPS) is 11.0. The van der Waals surface area contributed by atoms with Gasteiger partial charge in [0.25, 0.3) is 0 Å². The minimum atomic E-state index is 0.698. The average molecular weight is 144 g/mol.